The summed E-state index contributed by atoms with van der Waals surface area (Å²) in [4.78, 5) is 14.6. The van der Waals surface area contributed by atoms with Crippen LogP contribution in [-0.2, 0) is 17.8 Å². The minimum absolute atomic E-state index is 0.0381. The predicted molar refractivity (Wildman–Crippen MR) is 72.4 cm³/mol. The average molecular weight is 263 g/mol. The minimum atomic E-state index is 0.0381. The Morgan fingerprint density at radius 3 is 2.83 bits per heavy atom. The molecule has 0 bridgehead atoms. The van der Waals surface area contributed by atoms with E-state index >= 15 is 0 Å². The van der Waals surface area contributed by atoms with Crippen LogP contribution in [0.2, 0.25) is 5.02 Å². The number of aromatic amines is 1. The Morgan fingerprint density at radius 1 is 1.28 bits per heavy atom. The molecule has 4 heteroatoms. The molecule has 1 amide bonds. The molecular weight excluding hydrogens is 248 g/mol. The van der Waals surface area contributed by atoms with Crippen molar-refractivity contribution in [3.05, 3.63) is 58.9 Å². The van der Waals surface area contributed by atoms with Gasteiger partial charge in [0, 0.05) is 30.4 Å². The van der Waals surface area contributed by atoms with Crippen LogP contribution in [0.25, 0.3) is 0 Å². The lowest BCUT2D eigenvalue weighted by Gasteiger charge is -2.05. The molecule has 94 valence electrons. The van der Waals surface area contributed by atoms with Gasteiger partial charge in [-0.1, -0.05) is 29.8 Å². The Morgan fingerprint density at radius 2 is 2.11 bits per heavy atom. The van der Waals surface area contributed by atoms with Crippen molar-refractivity contribution in [1.29, 1.82) is 0 Å². The van der Waals surface area contributed by atoms with E-state index in [0.29, 0.717) is 19.4 Å². The molecule has 2 rings (SSSR count). The third-order valence-electron chi connectivity index (χ3n) is 2.73. The zero-order valence-corrected chi connectivity index (χ0v) is 10.7. The van der Waals surface area contributed by atoms with Crippen LogP contribution in [0.1, 0.15) is 17.5 Å². The van der Waals surface area contributed by atoms with E-state index in [4.69, 9.17) is 11.6 Å². The molecule has 1 heterocycles. The number of halogens is 1. The highest BCUT2D eigenvalue weighted by molar-refractivity contribution is 6.31. The highest BCUT2D eigenvalue weighted by atomic mass is 35.5. The molecule has 1 aromatic carbocycles. The lowest BCUT2D eigenvalue weighted by molar-refractivity contribution is -0.121. The molecule has 0 aliphatic heterocycles. The number of carbonyl (C=O) groups excluding carboxylic acids is 1. The summed E-state index contributed by atoms with van der Waals surface area (Å²) in [6.07, 6.45) is 4.83. The number of nitrogens with one attached hydrogen (secondary N) is 2. The summed E-state index contributed by atoms with van der Waals surface area (Å²) in [6.45, 7) is 0.560. The van der Waals surface area contributed by atoms with Gasteiger partial charge in [-0.15, -0.1) is 0 Å². The van der Waals surface area contributed by atoms with Gasteiger partial charge in [-0.25, -0.2) is 0 Å². The van der Waals surface area contributed by atoms with Gasteiger partial charge in [0.25, 0.3) is 0 Å². The normalized spacial score (nSPS) is 10.3. The Kier molecular flexibility index (Phi) is 4.42. The van der Waals surface area contributed by atoms with Crippen molar-refractivity contribution in [2.45, 2.75) is 19.4 Å². The number of benzene rings is 1. The SMILES string of the molecule is O=C(CCc1ccccc1Cl)NCc1cc[nH]c1. The van der Waals surface area contributed by atoms with E-state index in [0.717, 1.165) is 16.1 Å². The third kappa shape index (κ3) is 3.64. The highest BCUT2D eigenvalue weighted by Gasteiger charge is 2.04. The van der Waals surface area contributed by atoms with E-state index in [-0.39, 0.29) is 5.91 Å². The number of H-pyrrole nitrogens is 1. The lowest BCUT2D eigenvalue weighted by Crippen LogP contribution is -2.22. The van der Waals surface area contributed by atoms with Gasteiger partial charge in [0.05, 0.1) is 0 Å². The van der Waals surface area contributed by atoms with Crippen molar-refractivity contribution in [3.63, 3.8) is 0 Å². The van der Waals surface area contributed by atoms with Crippen molar-refractivity contribution < 1.29 is 4.79 Å². The molecule has 0 atom stereocenters. The van der Waals surface area contributed by atoms with Gasteiger partial charge in [-0.3, -0.25) is 4.79 Å². The Balaban J connectivity index is 1.77. The van der Waals surface area contributed by atoms with Crippen LogP contribution in [0.4, 0.5) is 0 Å². The van der Waals surface area contributed by atoms with Crippen molar-refractivity contribution in [1.82, 2.24) is 10.3 Å². The lowest BCUT2D eigenvalue weighted by atomic mass is 10.1. The van der Waals surface area contributed by atoms with E-state index in [1.165, 1.54) is 0 Å². The predicted octanol–water partition coefficient (Wildman–Crippen LogP) is 2.92. The Hall–Kier alpha value is -1.74. The van der Waals surface area contributed by atoms with Gasteiger partial charge in [0.1, 0.15) is 0 Å². The molecule has 0 radical (unpaired) electrons. The highest BCUT2D eigenvalue weighted by Crippen LogP contribution is 2.16. The van der Waals surface area contributed by atoms with Gasteiger partial charge in [-0.2, -0.15) is 0 Å². The Labute approximate surface area is 111 Å². The summed E-state index contributed by atoms with van der Waals surface area (Å²) >= 11 is 6.03. The summed E-state index contributed by atoms with van der Waals surface area (Å²) in [6, 6.07) is 9.54. The van der Waals surface area contributed by atoms with Crippen LogP contribution in [0.15, 0.2) is 42.7 Å². The monoisotopic (exact) mass is 262 g/mol. The smallest absolute Gasteiger partial charge is 0.220 e. The number of amides is 1. The summed E-state index contributed by atoms with van der Waals surface area (Å²) in [5.41, 5.74) is 2.08. The fourth-order valence-corrected chi connectivity index (χ4v) is 1.94. The summed E-state index contributed by atoms with van der Waals surface area (Å²) in [5.74, 6) is 0.0381. The number of hydrogen-bond donors (Lipinski definition) is 2. The largest absolute Gasteiger partial charge is 0.367 e. The third-order valence-corrected chi connectivity index (χ3v) is 3.10. The molecule has 3 nitrogen and oxygen atoms in total. The molecule has 0 fully saturated rings. The van der Waals surface area contributed by atoms with Crippen LogP contribution in [0.3, 0.4) is 0 Å². The number of aromatic nitrogens is 1. The van der Waals surface area contributed by atoms with Crippen LogP contribution >= 0.6 is 11.6 Å². The molecule has 1 aromatic heterocycles. The van der Waals surface area contributed by atoms with Crippen molar-refractivity contribution in [3.8, 4) is 0 Å². The number of rotatable bonds is 5. The first-order valence-electron chi connectivity index (χ1n) is 5.87. The molecule has 0 aliphatic carbocycles. The summed E-state index contributed by atoms with van der Waals surface area (Å²) in [5, 5.41) is 3.59. The average Bonchev–Trinajstić information content (AvgIpc) is 2.88. The molecule has 2 aromatic rings. The van der Waals surface area contributed by atoms with Crippen molar-refractivity contribution in [2.24, 2.45) is 0 Å². The second-order valence-corrected chi connectivity index (χ2v) is 4.49. The quantitative estimate of drug-likeness (QED) is 0.855. The van der Waals surface area contributed by atoms with Gasteiger partial charge in [0.15, 0.2) is 0 Å². The zero-order valence-electron chi connectivity index (χ0n) is 9.95. The molecular formula is C14H15ClN2O. The molecule has 0 saturated carbocycles. The van der Waals surface area contributed by atoms with Crippen LogP contribution in [0, 0.1) is 0 Å². The maximum absolute atomic E-state index is 11.7. The first-order chi connectivity index (χ1) is 8.75. The molecule has 0 aliphatic rings. The maximum Gasteiger partial charge on any atom is 0.220 e. The fraction of sp³-hybridized carbons (Fsp3) is 0.214. The first kappa shape index (κ1) is 12.7. The second kappa shape index (κ2) is 6.26. The topological polar surface area (TPSA) is 44.9 Å². The second-order valence-electron chi connectivity index (χ2n) is 4.09. The van der Waals surface area contributed by atoms with Gasteiger partial charge < -0.3 is 10.3 Å². The van der Waals surface area contributed by atoms with Gasteiger partial charge >= 0.3 is 0 Å². The van der Waals surface area contributed by atoms with Crippen molar-refractivity contribution in [2.75, 3.05) is 0 Å². The molecule has 0 saturated heterocycles. The zero-order chi connectivity index (χ0) is 12.8. The van der Waals surface area contributed by atoms with Crippen molar-refractivity contribution >= 4 is 17.5 Å². The molecule has 2 N–H and O–H groups in total. The minimum Gasteiger partial charge on any atom is -0.367 e. The molecule has 0 unspecified atom stereocenters. The van der Waals surface area contributed by atoms with E-state index in [1.54, 1.807) is 0 Å². The number of hydrogen-bond acceptors (Lipinski definition) is 1. The maximum atomic E-state index is 11.7. The van der Waals surface area contributed by atoms with Crippen LogP contribution in [-0.4, -0.2) is 10.9 Å². The van der Waals surface area contributed by atoms with E-state index in [9.17, 15) is 4.79 Å². The van der Waals surface area contributed by atoms with E-state index in [1.807, 2.05) is 42.7 Å². The molecule has 0 spiro atoms. The summed E-state index contributed by atoms with van der Waals surface area (Å²) < 4.78 is 0. The summed E-state index contributed by atoms with van der Waals surface area (Å²) in [7, 11) is 0. The number of aryl methyl sites for hydroxylation is 1. The van der Waals surface area contributed by atoms with E-state index < -0.39 is 0 Å². The standard InChI is InChI=1S/C14H15ClN2O/c15-13-4-2-1-3-12(13)5-6-14(18)17-10-11-7-8-16-9-11/h1-4,7-9,16H,5-6,10H2,(H,17,18). The molecule has 18 heavy (non-hydrogen) atoms. The first-order valence-corrected chi connectivity index (χ1v) is 6.25. The fourth-order valence-electron chi connectivity index (χ4n) is 1.71. The van der Waals surface area contributed by atoms with Gasteiger partial charge in [0.2, 0.25) is 5.91 Å². The number of carbonyl (C=O) groups is 1. The van der Waals surface area contributed by atoms with Crippen LogP contribution in [0.5, 0.6) is 0 Å². The van der Waals surface area contributed by atoms with Gasteiger partial charge in [-0.05, 0) is 29.7 Å². The van der Waals surface area contributed by atoms with Crippen LogP contribution < -0.4 is 5.32 Å². The Bertz CT molecular complexity index is 508. The van der Waals surface area contributed by atoms with E-state index in [2.05, 4.69) is 10.3 Å².